The number of likely N-dealkylation sites (tertiary alicyclic amines) is 1. The zero-order valence-electron chi connectivity index (χ0n) is 9.57. The van der Waals surface area contributed by atoms with E-state index in [9.17, 15) is 9.59 Å². The van der Waals surface area contributed by atoms with Crippen LogP contribution in [0.1, 0.15) is 19.3 Å². The average molecular weight is 226 g/mol. The van der Waals surface area contributed by atoms with Gasteiger partial charge in [-0.1, -0.05) is 0 Å². The second kappa shape index (κ2) is 4.93. The minimum atomic E-state index is -0.320. The SMILES string of the molecule is CN1C(=O)CC(NCC2CCCOC2)C1=O. The lowest BCUT2D eigenvalue weighted by atomic mass is 10.0. The Balaban J connectivity index is 1.77. The van der Waals surface area contributed by atoms with Gasteiger partial charge in [-0.25, -0.2) is 0 Å². The molecule has 0 bridgehead atoms. The van der Waals surface area contributed by atoms with E-state index in [0.29, 0.717) is 12.3 Å². The van der Waals surface area contributed by atoms with Gasteiger partial charge in [-0.15, -0.1) is 0 Å². The number of nitrogens with zero attached hydrogens (tertiary/aromatic N) is 1. The van der Waals surface area contributed by atoms with Crippen molar-refractivity contribution in [2.45, 2.75) is 25.3 Å². The third-order valence-electron chi connectivity index (χ3n) is 3.29. The van der Waals surface area contributed by atoms with Gasteiger partial charge in [0.15, 0.2) is 0 Å². The van der Waals surface area contributed by atoms with E-state index in [1.165, 1.54) is 11.9 Å². The first-order chi connectivity index (χ1) is 7.68. The van der Waals surface area contributed by atoms with Crippen molar-refractivity contribution in [2.75, 3.05) is 26.8 Å². The highest BCUT2D eigenvalue weighted by atomic mass is 16.5. The summed E-state index contributed by atoms with van der Waals surface area (Å²) in [5.41, 5.74) is 0. The third-order valence-corrected chi connectivity index (χ3v) is 3.29. The van der Waals surface area contributed by atoms with E-state index >= 15 is 0 Å². The number of hydrogen-bond donors (Lipinski definition) is 1. The van der Waals surface area contributed by atoms with Crippen LogP contribution in [-0.4, -0.2) is 49.6 Å². The van der Waals surface area contributed by atoms with E-state index < -0.39 is 0 Å². The fraction of sp³-hybridized carbons (Fsp3) is 0.818. The quantitative estimate of drug-likeness (QED) is 0.675. The average Bonchev–Trinajstić information content (AvgIpc) is 2.56. The molecule has 2 heterocycles. The first-order valence-corrected chi connectivity index (χ1v) is 5.80. The molecule has 0 aromatic heterocycles. The van der Waals surface area contributed by atoms with Crippen molar-refractivity contribution in [3.05, 3.63) is 0 Å². The van der Waals surface area contributed by atoms with Crippen molar-refractivity contribution in [3.63, 3.8) is 0 Å². The van der Waals surface area contributed by atoms with Gasteiger partial charge in [0.1, 0.15) is 0 Å². The molecule has 2 saturated heterocycles. The van der Waals surface area contributed by atoms with Crippen LogP contribution in [0.3, 0.4) is 0 Å². The van der Waals surface area contributed by atoms with Crippen molar-refractivity contribution < 1.29 is 14.3 Å². The molecule has 2 unspecified atom stereocenters. The molecule has 0 spiro atoms. The summed E-state index contributed by atoms with van der Waals surface area (Å²) in [6.45, 7) is 2.37. The summed E-state index contributed by atoms with van der Waals surface area (Å²) >= 11 is 0. The highest BCUT2D eigenvalue weighted by molar-refractivity contribution is 6.05. The monoisotopic (exact) mass is 226 g/mol. The molecule has 16 heavy (non-hydrogen) atoms. The Bertz CT molecular complexity index is 287. The van der Waals surface area contributed by atoms with Crippen LogP contribution in [0.2, 0.25) is 0 Å². The van der Waals surface area contributed by atoms with E-state index in [-0.39, 0.29) is 17.9 Å². The van der Waals surface area contributed by atoms with Crippen LogP contribution in [0.5, 0.6) is 0 Å². The molecule has 90 valence electrons. The number of likely N-dealkylation sites (N-methyl/N-ethyl adjacent to an activating group) is 1. The molecule has 0 radical (unpaired) electrons. The third kappa shape index (κ3) is 2.41. The molecule has 1 N–H and O–H groups in total. The van der Waals surface area contributed by atoms with Crippen LogP contribution in [0.15, 0.2) is 0 Å². The minimum Gasteiger partial charge on any atom is -0.381 e. The van der Waals surface area contributed by atoms with Gasteiger partial charge in [0, 0.05) is 20.2 Å². The maximum absolute atomic E-state index is 11.6. The zero-order valence-corrected chi connectivity index (χ0v) is 9.57. The molecule has 2 fully saturated rings. The fourth-order valence-electron chi connectivity index (χ4n) is 2.19. The summed E-state index contributed by atoms with van der Waals surface area (Å²) < 4.78 is 5.36. The van der Waals surface area contributed by atoms with E-state index in [1.807, 2.05) is 0 Å². The molecule has 0 aliphatic carbocycles. The van der Waals surface area contributed by atoms with Crippen molar-refractivity contribution in [2.24, 2.45) is 5.92 Å². The summed E-state index contributed by atoms with van der Waals surface area (Å²) in [5.74, 6) is 0.270. The summed E-state index contributed by atoms with van der Waals surface area (Å²) in [4.78, 5) is 24.1. The Hall–Kier alpha value is -0.940. The highest BCUT2D eigenvalue weighted by Crippen LogP contribution is 2.15. The lowest BCUT2D eigenvalue weighted by molar-refractivity contribution is -0.137. The number of imide groups is 1. The largest absolute Gasteiger partial charge is 0.381 e. The number of nitrogens with one attached hydrogen (secondary N) is 1. The van der Waals surface area contributed by atoms with Gasteiger partial charge in [-0.3, -0.25) is 14.5 Å². The van der Waals surface area contributed by atoms with Crippen LogP contribution in [0, 0.1) is 5.92 Å². The lowest BCUT2D eigenvalue weighted by Gasteiger charge is -2.23. The molecule has 2 amide bonds. The predicted molar refractivity (Wildman–Crippen MR) is 57.7 cm³/mol. The summed E-state index contributed by atoms with van der Waals surface area (Å²) in [6.07, 6.45) is 2.52. The maximum atomic E-state index is 11.6. The van der Waals surface area contributed by atoms with Crippen molar-refractivity contribution in [1.29, 1.82) is 0 Å². The van der Waals surface area contributed by atoms with Crippen LogP contribution in [-0.2, 0) is 14.3 Å². The van der Waals surface area contributed by atoms with Crippen molar-refractivity contribution in [1.82, 2.24) is 10.2 Å². The van der Waals surface area contributed by atoms with Gasteiger partial charge in [-0.05, 0) is 18.8 Å². The van der Waals surface area contributed by atoms with E-state index in [0.717, 1.165) is 32.6 Å². The number of amides is 2. The fourth-order valence-corrected chi connectivity index (χ4v) is 2.19. The number of carbonyl (C=O) groups is 2. The summed E-state index contributed by atoms with van der Waals surface area (Å²) in [5, 5.41) is 3.17. The normalized spacial score (nSPS) is 31.2. The first kappa shape index (κ1) is 11.5. The van der Waals surface area contributed by atoms with E-state index in [1.54, 1.807) is 0 Å². The molecule has 0 aromatic carbocycles. The maximum Gasteiger partial charge on any atom is 0.246 e. The van der Waals surface area contributed by atoms with Gasteiger partial charge in [-0.2, -0.15) is 0 Å². The molecule has 2 aliphatic rings. The Labute approximate surface area is 95.1 Å². The predicted octanol–water partition coefficient (Wildman–Crippen LogP) is -0.240. The van der Waals surface area contributed by atoms with E-state index in [2.05, 4.69) is 5.32 Å². The summed E-state index contributed by atoms with van der Waals surface area (Å²) in [7, 11) is 1.54. The molecule has 2 rings (SSSR count). The Morgan fingerprint density at radius 1 is 1.50 bits per heavy atom. The molecule has 0 saturated carbocycles. The van der Waals surface area contributed by atoms with Crippen molar-refractivity contribution in [3.8, 4) is 0 Å². The Morgan fingerprint density at radius 3 is 2.88 bits per heavy atom. The first-order valence-electron chi connectivity index (χ1n) is 5.80. The lowest BCUT2D eigenvalue weighted by Crippen LogP contribution is -2.40. The number of carbonyl (C=O) groups excluding carboxylic acids is 2. The van der Waals surface area contributed by atoms with Gasteiger partial charge >= 0.3 is 0 Å². The number of rotatable bonds is 3. The van der Waals surface area contributed by atoms with Crippen LogP contribution < -0.4 is 5.32 Å². The standard InChI is InChI=1S/C11H18N2O3/c1-13-10(14)5-9(11(13)15)12-6-8-3-2-4-16-7-8/h8-9,12H,2-7H2,1H3. The molecule has 2 atom stereocenters. The van der Waals surface area contributed by atoms with Gasteiger partial charge < -0.3 is 10.1 Å². The second-order valence-corrected chi connectivity index (χ2v) is 4.54. The van der Waals surface area contributed by atoms with Crippen LogP contribution in [0.4, 0.5) is 0 Å². The van der Waals surface area contributed by atoms with Gasteiger partial charge in [0.2, 0.25) is 11.8 Å². The van der Waals surface area contributed by atoms with Gasteiger partial charge in [0.05, 0.1) is 19.1 Å². The zero-order chi connectivity index (χ0) is 11.5. The van der Waals surface area contributed by atoms with Crippen LogP contribution >= 0.6 is 0 Å². The Morgan fingerprint density at radius 2 is 2.31 bits per heavy atom. The number of ether oxygens (including phenoxy) is 1. The smallest absolute Gasteiger partial charge is 0.246 e. The second-order valence-electron chi connectivity index (χ2n) is 4.54. The molecular weight excluding hydrogens is 208 g/mol. The highest BCUT2D eigenvalue weighted by Gasteiger charge is 2.35. The number of hydrogen-bond acceptors (Lipinski definition) is 4. The topological polar surface area (TPSA) is 58.6 Å². The molecule has 0 aromatic rings. The van der Waals surface area contributed by atoms with E-state index in [4.69, 9.17) is 4.74 Å². The molecule has 2 aliphatic heterocycles. The Kier molecular flexibility index (Phi) is 3.56. The molecule has 5 nitrogen and oxygen atoms in total. The van der Waals surface area contributed by atoms with Crippen LogP contribution in [0.25, 0.3) is 0 Å². The summed E-state index contributed by atoms with van der Waals surface area (Å²) in [6, 6.07) is -0.320. The van der Waals surface area contributed by atoms with Gasteiger partial charge in [0.25, 0.3) is 0 Å². The van der Waals surface area contributed by atoms with Crippen molar-refractivity contribution >= 4 is 11.8 Å². The minimum absolute atomic E-state index is 0.0950. The molecular formula is C11H18N2O3. The molecule has 5 heteroatoms.